The van der Waals surface area contributed by atoms with Crippen molar-refractivity contribution in [2.75, 3.05) is 45.8 Å². The first-order chi connectivity index (χ1) is 9.24. The summed E-state index contributed by atoms with van der Waals surface area (Å²) in [5, 5.41) is 3.47. The number of piperazine rings is 1. The van der Waals surface area contributed by atoms with Gasteiger partial charge in [-0.15, -0.1) is 0 Å². The Hall–Kier alpha value is -0.120. The fourth-order valence-electron chi connectivity index (χ4n) is 2.74. The van der Waals surface area contributed by atoms with Crippen LogP contribution in [0.3, 0.4) is 0 Å². The quantitative estimate of drug-likeness (QED) is 0.615. The van der Waals surface area contributed by atoms with E-state index in [0.29, 0.717) is 0 Å². The van der Waals surface area contributed by atoms with Crippen molar-refractivity contribution in [3.63, 3.8) is 0 Å². The number of nitrogens with one attached hydrogen (secondary N) is 1. The van der Waals surface area contributed by atoms with Gasteiger partial charge in [0.05, 0.1) is 0 Å². The molecule has 19 heavy (non-hydrogen) atoms. The second-order valence-electron chi connectivity index (χ2n) is 6.14. The van der Waals surface area contributed by atoms with Crippen LogP contribution in [0.5, 0.6) is 0 Å². The van der Waals surface area contributed by atoms with E-state index in [2.05, 4.69) is 35.9 Å². The lowest BCUT2D eigenvalue weighted by molar-refractivity contribution is 0.107. The third-order valence-electron chi connectivity index (χ3n) is 4.14. The van der Waals surface area contributed by atoms with Crippen LogP contribution in [0.15, 0.2) is 0 Å². The molecule has 1 rings (SSSR count). The third kappa shape index (κ3) is 7.91. The summed E-state index contributed by atoms with van der Waals surface area (Å²) in [5.41, 5.74) is 0. The predicted octanol–water partition coefficient (Wildman–Crippen LogP) is 2.57. The second-order valence-corrected chi connectivity index (χ2v) is 6.14. The molecule has 1 N–H and O–H groups in total. The Kier molecular flexibility index (Phi) is 9.48. The van der Waals surface area contributed by atoms with Crippen molar-refractivity contribution in [3.8, 4) is 0 Å². The Bertz CT molecular complexity index is 198. The van der Waals surface area contributed by atoms with Gasteiger partial charge in [0.25, 0.3) is 0 Å². The van der Waals surface area contributed by atoms with Crippen molar-refractivity contribution in [1.29, 1.82) is 0 Å². The van der Waals surface area contributed by atoms with Crippen molar-refractivity contribution in [3.05, 3.63) is 0 Å². The minimum atomic E-state index is 0.720. The molecule has 0 aromatic carbocycles. The zero-order chi connectivity index (χ0) is 13.9. The summed E-state index contributed by atoms with van der Waals surface area (Å²) in [6, 6.07) is 0.720. The van der Waals surface area contributed by atoms with Gasteiger partial charge in [-0.25, -0.2) is 0 Å². The monoisotopic (exact) mass is 269 g/mol. The highest BCUT2D eigenvalue weighted by atomic mass is 15.3. The van der Waals surface area contributed by atoms with Gasteiger partial charge in [0.1, 0.15) is 0 Å². The van der Waals surface area contributed by atoms with E-state index in [1.54, 1.807) is 0 Å². The van der Waals surface area contributed by atoms with Crippen molar-refractivity contribution in [2.24, 2.45) is 0 Å². The highest BCUT2D eigenvalue weighted by molar-refractivity contribution is 4.74. The molecule has 0 saturated carbocycles. The first-order valence-corrected chi connectivity index (χ1v) is 8.41. The fourth-order valence-corrected chi connectivity index (χ4v) is 2.74. The first kappa shape index (κ1) is 16.9. The summed E-state index contributed by atoms with van der Waals surface area (Å²) >= 11 is 0. The van der Waals surface area contributed by atoms with Gasteiger partial charge in [-0.05, 0) is 52.7 Å². The molecular weight excluding hydrogens is 234 g/mol. The van der Waals surface area contributed by atoms with E-state index in [-0.39, 0.29) is 0 Å². The Morgan fingerprint density at radius 2 is 1.58 bits per heavy atom. The fraction of sp³-hybridized carbons (Fsp3) is 1.00. The summed E-state index contributed by atoms with van der Waals surface area (Å²) in [6.45, 7) is 15.6. The largest absolute Gasteiger partial charge is 0.317 e. The molecule has 0 amide bonds. The average molecular weight is 269 g/mol. The van der Waals surface area contributed by atoms with E-state index < -0.39 is 0 Å². The third-order valence-corrected chi connectivity index (χ3v) is 4.14. The lowest BCUT2D eigenvalue weighted by Crippen LogP contribution is -2.48. The van der Waals surface area contributed by atoms with Crippen LogP contribution < -0.4 is 5.32 Å². The van der Waals surface area contributed by atoms with E-state index in [1.165, 1.54) is 77.9 Å². The van der Waals surface area contributed by atoms with Crippen LogP contribution in [0.4, 0.5) is 0 Å². The lowest BCUT2D eigenvalue weighted by Gasteiger charge is -2.36. The Labute approximate surface area is 120 Å². The van der Waals surface area contributed by atoms with E-state index in [1.807, 2.05) is 0 Å². The molecule has 1 aliphatic heterocycles. The van der Waals surface area contributed by atoms with E-state index in [4.69, 9.17) is 0 Å². The molecule has 1 heterocycles. The Morgan fingerprint density at radius 1 is 0.895 bits per heavy atom. The number of hydrogen-bond donors (Lipinski definition) is 1. The minimum absolute atomic E-state index is 0.720. The molecule has 1 fully saturated rings. The summed E-state index contributed by atoms with van der Waals surface area (Å²) in [5.74, 6) is 0. The van der Waals surface area contributed by atoms with Crippen molar-refractivity contribution < 1.29 is 0 Å². The van der Waals surface area contributed by atoms with Gasteiger partial charge in [0.15, 0.2) is 0 Å². The van der Waals surface area contributed by atoms with Crippen molar-refractivity contribution in [2.45, 2.75) is 58.9 Å². The molecule has 114 valence electrons. The molecule has 0 radical (unpaired) electrons. The van der Waals surface area contributed by atoms with Crippen LogP contribution >= 0.6 is 0 Å². The number of nitrogens with zero attached hydrogens (tertiary/aromatic N) is 2. The van der Waals surface area contributed by atoms with Crippen LogP contribution in [0.2, 0.25) is 0 Å². The van der Waals surface area contributed by atoms with E-state index in [0.717, 1.165) is 6.04 Å². The first-order valence-electron chi connectivity index (χ1n) is 8.41. The van der Waals surface area contributed by atoms with Gasteiger partial charge < -0.3 is 10.2 Å². The van der Waals surface area contributed by atoms with E-state index in [9.17, 15) is 0 Å². The van der Waals surface area contributed by atoms with E-state index >= 15 is 0 Å². The lowest BCUT2D eigenvalue weighted by atomic mass is 10.1. The normalized spacial score (nSPS) is 18.3. The number of hydrogen-bond acceptors (Lipinski definition) is 3. The van der Waals surface area contributed by atoms with Gasteiger partial charge in [-0.3, -0.25) is 4.90 Å². The zero-order valence-corrected chi connectivity index (χ0v) is 13.5. The summed E-state index contributed by atoms with van der Waals surface area (Å²) in [6.07, 6.45) is 6.78. The molecule has 3 nitrogen and oxygen atoms in total. The van der Waals surface area contributed by atoms with Gasteiger partial charge in [0, 0.05) is 32.2 Å². The molecule has 1 aliphatic rings. The van der Waals surface area contributed by atoms with Crippen LogP contribution in [-0.2, 0) is 0 Å². The average Bonchev–Trinajstić information content (AvgIpc) is 2.42. The standard InChI is InChI=1S/C16H35N3/c1-4-9-17-10-7-5-6-8-11-18-12-14-19(15-13-18)16(2)3/h16-17H,4-15H2,1-3H3. The van der Waals surface area contributed by atoms with Gasteiger partial charge in [-0.2, -0.15) is 0 Å². The molecule has 0 unspecified atom stereocenters. The molecule has 0 bridgehead atoms. The molecule has 3 heteroatoms. The molecule has 0 aromatic rings. The SMILES string of the molecule is CCCNCCCCCCN1CCN(C(C)C)CC1. The van der Waals surface area contributed by atoms with Gasteiger partial charge >= 0.3 is 0 Å². The molecule has 0 aliphatic carbocycles. The van der Waals surface area contributed by atoms with Crippen LogP contribution in [0, 0.1) is 0 Å². The van der Waals surface area contributed by atoms with Crippen LogP contribution in [0.25, 0.3) is 0 Å². The zero-order valence-electron chi connectivity index (χ0n) is 13.5. The molecule has 0 atom stereocenters. The summed E-state index contributed by atoms with van der Waals surface area (Å²) < 4.78 is 0. The van der Waals surface area contributed by atoms with Gasteiger partial charge in [-0.1, -0.05) is 19.8 Å². The second kappa shape index (κ2) is 10.6. The van der Waals surface area contributed by atoms with Crippen LogP contribution in [0.1, 0.15) is 52.9 Å². The highest BCUT2D eigenvalue weighted by Crippen LogP contribution is 2.08. The van der Waals surface area contributed by atoms with Crippen molar-refractivity contribution >= 4 is 0 Å². The highest BCUT2D eigenvalue weighted by Gasteiger charge is 2.17. The maximum Gasteiger partial charge on any atom is 0.0113 e. The maximum atomic E-state index is 3.47. The number of unbranched alkanes of at least 4 members (excludes halogenated alkanes) is 3. The minimum Gasteiger partial charge on any atom is -0.317 e. The maximum absolute atomic E-state index is 3.47. The van der Waals surface area contributed by atoms with Crippen molar-refractivity contribution in [1.82, 2.24) is 15.1 Å². The summed E-state index contributed by atoms with van der Waals surface area (Å²) in [7, 11) is 0. The molecule has 1 saturated heterocycles. The van der Waals surface area contributed by atoms with Gasteiger partial charge in [0.2, 0.25) is 0 Å². The van der Waals surface area contributed by atoms with Crippen LogP contribution in [-0.4, -0.2) is 61.7 Å². The summed E-state index contributed by atoms with van der Waals surface area (Å²) in [4.78, 5) is 5.24. The Balaban J connectivity index is 1.88. The molecular formula is C16H35N3. The molecule has 0 spiro atoms. The predicted molar refractivity (Wildman–Crippen MR) is 84.8 cm³/mol. The molecule has 0 aromatic heterocycles. The Morgan fingerprint density at radius 3 is 2.21 bits per heavy atom. The smallest absolute Gasteiger partial charge is 0.0113 e. The topological polar surface area (TPSA) is 18.5 Å². The number of rotatable bonds is 10.